The van der Waals surface area contributed by atoms with Crippen molar-refractivity contribution in [1.82, 2.24) is 20.2 Å². The summed E-state index contributed by atoms with van der Waals surface area (Å²) in [5, 5.41) is 14.0. The monoisotopic (exact) mass is 171 g/mol. The predicted molar refractivity (Wildman–Crippen MR) is 43.8 cm³/mol. The van der Waals surface area contributed by atoms with E-state index < -0.39 is 0 Å². The zero-order valence-corrected chi connectivity index (χ0v) is 7.32. The van der Waals surface area contributed by atoms with Gasteiger partial charge in [-0.3, -0.25) is 0 Å². The Morgan fingerprint density at radius 3 is 3.00 bits per heavy atom. The van der Waals surface area contributed by atoms with Crippen molar-refractivity contribution in [1.29, 1.82) is 0 Å². The Balaban J connectivity index is 2.20. The van der Waals surface area contributed by atoms with Gasteiger partial charge in [-0.2, -0.15) is 0 Å². The lowest BCUT2D eigenvalue weighted by Gasteiger charge is -2.02. The van der Waals surface area contributed by atoms with Gasteiger partial charge in [-0.05, 0) is 16.8 Å². The van der Waals surface area contributed by atoms with E-state index in [2.05, 4.69) is 20.8 Å². The summed E-state index contributed by atoms with van der Waals surface area (Å²) in [5.74, 6) is 0.686. The fraction of sp³-hybridized carbons (Fsp3) is 0.833. The second-order valence-corrected chi connectivity index (χ2v) is 2.40. The van der Waals surface area contributed by atoms with Gasteiger partial charge in [-0.25, -0.2) is 4.68 Å². The van der Waals surface area contributed by atoms with Crippen LogP contribution in [0.3, 0.4) is 0 Å². The Hall–Kier alpha value is -1.17. The first kappa shape index (κ1) is 8.92. The lowest BCUT2D eigenvalue weighted by molar-refractivity contribution is 0.197. The molecule has 1 aromatic rings. The molecule has 0 aliphatic carbocycles. The smallest absolute Gasteiger partial charge is 0.242 e. The number of ether oxygens (including phenoxy) is 1. The highest BCUT2D eigenvalue weighted by Crippen LogP contribution is 1.94. The lowest BCUT2D eigenvalue weighted by Crippen LogP contribution is -2.09. The van der Waals surface area contributed by atoms with Crippen molar-refractivity contribution in [3.63, 3.8) is 0 Å². The molecule has 0 saturated carbocycles. The number of aromatic nitrogens is 4. The van der Waals surface area contributed by atoms with Crippen LogP contribution in [0.25, 0.3) is 0 Å². The van der Waals surface area contributed by atoms with Crippen LogP contribution >= 0.6 is 0 Å². The zero-order chi connectivity index (χ0) is 8.81. The maximum atomic E-state index is 4.89. The average molecular weight is 171 g/mol. The second-order valence-electron chi connectivity index (χ2n) is 2.40. The molecule has 12 heavy (non-hydrogen) atoms. The molecule has 6 nitrogen and oxygen atoms in total. The number of nitrogens with zero attached hydrogens (tertiary/aromatic N) is 4. The summed E-state index contributed by atoms with van der Waals surface area (Å²) >= 11 is 0. The van der Waals surface area contributed by atoms with E-state index in [1.807, 2.05) is 0 Å². The fourth-order valence-electron chi connectivity index (χ4n) is 0.796. The predicted octanol–water partition coefficient (Wildman–Crippen LogP) is -0.342. The standard InChI is InChI=1S/C6H13N5O/c1-11-6(8-9-10-11)7-4-3-5-12-2/h3-5H2,1-2H3,(H,7,8,10). The SMILES string of the molecule is COCCCNc1nnnn1C. The topological polar surface area (TPSA) is 64.9 Å². The van der Waals surface area contributed by atoms with Crippen LogP contribution in [0, 0.1) is 0 Å². The van der Waals surface area contributed by atoms with E-state index in [1.165, 1.54) is 0 Å². The third-order valence-corrected chi connectivity index (χ3v) is 1.43. The molecule has 68 valence electrons. The third kappa shape index (κ3) is 2.46. The van der Waals surface area contributed by atoms with Gasteiger partial charge < -0.3 is 10.1 Å². The van der Waals surface area contributed by atoms with Crippen molar-refractivity contribution in [2.24, 2.45) is 7.05 Å². The maximum absolute atomic E-state index is 4.89. The average Bonchev–Trinajstić information content (AvgIpc) is 2.46. The summed E-state index contributed by atoms with van der Waals surface area (Å²) < 4.78 is 6.48. The first-order chi connectivity index (χ1) is 5.84. The Morgan fingerprint density at radius 2 is 2.42 bits per heavy atom. The summed E-state index contributed by atoms with van der Waals surface area (Å²) in [7, 11) is 3.47. The number of anilines is 1. The third-order valence-electron chi connectivity index (χ3n) is 1.43. The molecule has 0 unspecified atom stereocenters. The Kier molecular flexibility index (Phi) is 3.46. The molecule has 0 saturated heterocycles. The van der Waals surface area contributed by atoms with Crippen molar-refractivity contribution in [2.45, 2.75) is 6.42 Å². The van der Waals surface area contributed by atoms with Crippen molar-refractivity contribution in [2.75, 3.05) is 25.6 Å². The van der Waals surface area contributed by atoms with E-state index in [-0.39, 0.29) is 0 Å². The van der Waals surface area contributed by atoms with E-state index in [1.54, 1.807) is 18.8 Å². The molecule has 0 fully saturated rings. The van der Waals surface area contributed by atoms with Crippen LogP contribution in [0.15, 0.2) is 0 Å². The number of nitrogens with one attached hydrogen (secondary N) is 1. The van der Waals surface area contributed by atoms with Gasteiger partial charge in [0.25, 0.3) is 0 Å². The van der Waals surface area contributed by atoms with Gasteiger partial charge >= 0.3 is 0 Å². The van der Waals surface area contributed by atoms with Crippen LogP contribution in [-0.2, 0) is 11.8 Å². The Labute approximate surface area is 70.9 Å². The molecule has 1 aromatic heterocycles. The molecule has 1 N–H and O–H groups in total. The van der Waals surface area contributed by atoms with Gasteiger partial charge in [0.2, 0.25) is 5.95 Å². The summed E-state index contributed by atoms with van der Waals surface area (Å²) in [6.45, 7) is 1.57. The summed E-state index contributed by atoms with van der Waals surface area (Å²) in [5.41, 5.74) is 0. The first-order valence-electron chi connectivity index (χ1n) is 3.79. The summed E-state index contributed by atoms with van der Waals surface area (Å²) in [4.78, 5) is 0. The van der Waals surface area contributed by atoms with Crippen LogP contribution in [0.1, 0.15) is 6.42 Å². The number of aryl methyl sites for hydroxylation is 1. The van der Waals surface area contributed by atoms with E-state index >= 15 is 0 Å². The quantitative estimate of drug-likeness (QED) is 0.614. The molecule has 0 radical (unpaired) electrons. The molecule has 0 bridgehead atoms. The minimum absolute atomic E-state index is 0.686. The molecule has 0 aliphatic rings. The molecular formula is C6H13N5O. The van der Waals surface area contributed by atoms with Crippen molar-refractivity contribution in [3.8, 4) is 0 Å². The minimum atomic E-state index is 0.686. The van der Waals surface area contributed by atoms with Gasteiger partial charge in [0, 0.05) is 27.3 Å². The van der Waals surface area contributed by atoms with Gasteiger partial charge in [0.1, 0.15) is 0 Å². The largest absolute Gasteiger partial charge is 0.385 e. The first-order valence-corrected chi connectivity index (χ1v) is 3.79. The highest BCUT2D eigenvalue weighted by Gasteiger charge is 1.98. The van der Waals surface area contributed by atoms with Crippen LogP contribution < -0.4 is 5.32 Å². The van der Waals surface area contributed by atoms with E-state index in [9.17, 15) is 0 Å². The highest BCUT2D eigenvalue weighted by molar-refractivity contribution is 5.20. The van der Waals surface area contributed by atoms with Crippen molar-refractivity contribution >= 4 is 5.95 Å². The van der Waals surface area contributed by atoms with Crippen molar-refractivity contribution < 1.29 is 4.74 Å². The number of rotatable bonds is 5. The van der Waals surface area contributed by atoms with E-state index in [0.29, 0.717) is 5.95 Å². The summed E-state index contributed by atoms with van der Waals surface area (Å²) in [6.07, 6.45) is 0.948. The molecule has 0 aromatic carbocycles. The Morgan fingerprint density at radius 1 is 1.58 bits per heavy atom. The van der Waals surface area contributed by atoms with E-state index in [0.717, 1.165) is 19.6 Å². The fourth-order valence-corrected chi connectivity index (χ4v) is 0.796. The van der Waals surface area contributed by atoms with Crippen LogP contribution in [-0.4, -0.2) is 40.5 Å². The molecule has 0 amide bonds. The molecule has 0 spiro atoms. The van der Waals surface area contributed by atoms with Crippen molar-refractivity contribution in [3.05, 3.63) is 0 Å². The number of hydrogen-bond donors (Lipinski definition) is 1. The van der Waals surface area contributed by atoms with Crippen LogP contribution in [0.2, 0.25) is 0 Å². The highest BCUT2D eigenvalue weighted by atomic mass is 16.5. The van der Waals surface area contributed by atoms with Gasteiger partial charge in [-0.15, -0.1) is 0 Å². The number of methoxy groups -OCH3 is 1. The minimum Gasteiger partial charge on any atom is -0.385 e. The maximum Gasteiger partial charge on any atom is 0.242 e. The number of tetrazole rings is 1. The summed E-state index contributed by atoms with van der Waals surface area (Å²) in [6, 6.07) is 0. The normalized spacial score (nSPS) is 10.2. The van der Waals surface area contributed by atoms with Gasteiger partial charge in [-0.1, -0.05) is 5.10 Å². The van der Waals surface area contributed by atoms with Gasteiger partial charge in [0.05, 0.1) is 0 Å². The number of hydrogen-bond acceptors (Lipinski definition) is 5. The molecule has 6 heteroatoms. The van der Waals surface area contributed by atoms with Crippen LogP contribution in [0.5, 0.6) is 0 Å². The molecule has 1 rings (SSSR count). The van der Waals surface area contributed by atoms with Gasteiger partial charge in [0.15, 0.2) is 0 Å². The Bertz CT molecular complexity index is 223. The molecular weight excluding hydrogens is 158 g/mol. The molecule has 0 aliphatic heterocycles. The zero-order valence-electron chi connectivity index (χ0n) is 7.32. The molecule has 1 heterocycles. The lowest BCUT2D eigenvalue weighted by atomic mass is 10.4. The van der Waals surface area contributed by atoms with Crippen LogP contribution in [0.4, 0.5) is 5.95 Å². The van der Waals surface area contributed by atoms with E-state index in [4.69, 9.17) is 4.74 Å². The second kappa shape index (κ2) is 4.66. The molecule has 0 atom stereocenters.